The predicted octanol–water partition coefficient (Wildman–Crippen LogP) is 3.33. The largest absolute Gasteiger partial charge is 0.496 e. The van der Waals surface area contributed by atoms with E-state index in [0.29, 0.717) is 36.3 Å². The van der Waals surface area contributed by atoms with Crippen LogP contribution < -0.4 is 24.8 Å². The second kappa shape index (κ2) is 11.5. The van der Waals surface area contributed by atoms with Crippen LogP contribution in [0.5, 0.6) is 17.2 Å². The van der Waals surface area contributed by atoms with Gasteiger partial charge in [0.2, 0.25) is 0 Å². The fourth-order valence-corrected chi connectivity index (χ4v) is 2.46. The van der Waals surface area contributed by atoms with Gasteiger partial charge in [0.15, 0.2) is 17.5 Å². The van der Waals surface area contributed by atoms with Crippen molar-refractivity contribution in [2.45, 2.75) is 13.1 Å². The molecule has 0 saturated carbocycles. The molecular weight excluding hydrogens is 464 g/mol. The number of hydrogen-bond donors (Lipinski definition) is 2. The van der Waals surface area contributed by atoms with Gasteiger partial charge in [-0.2, -0.15) is 0 Å². The van der Waals surface area contributed by atoms with Crippen LogP contribution in [0.1, 0.15) is 11.1 Å². The second-order valence-corrected chi connectivity index (χ2v) is 5.43. The van der Waals surface area contributed by atoms with E-state index in [0.717, 1.165) is 11.1 Å². The van der Waals surface area contributed by atoms with Gasteiger partial charge >= 0.3 is 0 Å². The highest BCUT2D eigenvalue weighted by molar-refractivity contribution is 14.0. The molecule has 0 radical (unpaired) electrons. The number of hydrogen-bond acceptors (Lipinski definition) is 4. The molecule has 0 spiro atoms. The standard InChI is InChI=1S/C19H24FN3O3.HI/c1-21-19(22-11-13-6-5-7-15(20)8-13)23-12-14-9-17(25-3)18(26-4)10-16(14)24-2;/h5-10H,11-12H2,1-4H3,(H2,21,22,23);1H. The van der Waals surface area contributed by atoms with E-state index in [1.165, 1.54) is 12.1 Å². The summed E-state index contributed by atoms with van der Waals surface area (Å²) in [6, 6.07) is 10.1. The lowest BCUT2D eigenvalue weighted by atomic mass is 10.1. The summed E-state index contributed by atoms with van der Waals surface area (Å²) in [5.41, 5.74) is 1.72. The topological polar surface area (TPSA) is 64.1 Å². The highest BCUT2D eigenvalue weighted by atomic mass is 127. The number of ether oxygens (including phenoxy) is 3. The Morgan fingerprint density at radius 1 is 0.926 bits per heavy atom. The molecule has 0 unspecified atom stereocenters. The van der Waals surface area contributed by atoms with Crippen LogP contribution in [-0.4, -0.2) is 34.3 Å². The average Bonchev–Trinajstić information content (AvgIpc) is 2.67. The Morgan fingerprint density at radius 3 is 2.15 bits per heavy atom. The number of aliphatic imine (C=N–C) groups is 1. The molecule has 0 aliphatic heterocycles. The Balaban J connectivity index is 0.00000364. The van der Waals surface area contributed by atoms with Crippen LogP contribution in [0.15, 0.2) is 41.4 Å². The molecule has 2 aromatic rings. The van der Waals surface area contributed by atoms with Crippen molar-refractivity contribution >= 4 is 29.9 Å². The number of guanidine groups is 1. The van der Waals surface area contributed by atoms with Crippen molar-refractivity contribution in [2.75, 3.05) is 28.4 Å². The van der Waals surface area contributed by atoms with E-state index in [4.69, 9.17) is 14.2 Å². The summed E-state index contributed by atoms with van der Waals surface area (Å²) in [6.07, 6.45) is 0. The normalized spacial score (nSPS) is 10.6. The maximum absolute atomic E-state index is 13.2. The molecule has 8 heteroatoms. The van der Waals surface area contributed by atoms with Crippen LogP contribution in [0, 0.1) is 5.82 Å². The van der Waals surface area contributed by atoms with E-state index in [9.17, 15) is 4.39 Å². The molecule has 6 nitrogen and oxygen atoms in total. The molecule has 2 rings (SSSR count). The number of nitrogens with zero attached hydrogens (tertiary/aromatic N) is 1. The Bertz CT molecular complexity index is 772. The minimum atomic E-state index is -0.262. The molecule has 2 N–H and O–H groups in total. The maximum atomic E-state index is 13.2. The average molecular weight is 489 g/mol. The van der Waals surface area contributed by atoms with Crippen LogP contribution in [0.4, 0.5) is 4.39 Å². The van der Waals surface area contributed by atoms with Crippen molar-refractivity contribution in [1.29, 1.82) is 0 Å². The van der Waals surface area contributed by atoms with Gasteiger partial charge in [-0.25, -0.2) is 4.39 Å². The first kappa shape index (κ1) is 22.8. The van der Waals surface area contributed by atoms with Gasteiger partial charge in [-0.1, -0.05) is 12.1 Å². The van der Waals surface area contributed by atoms with Gasteiger partial charge in [-0.05, 0) is 23.8 Å². The third-order valence-electron chi connectivity index (χ3n) is 3.81. The minimum Gasteiger partial charge on any atom is -0.496 e. The van der Waals surface area contributed by atoms with Gasteiger partial charge in [-0.3, -0.25) is 4.99 Å². The minimum absolute atomic E-state index is 0. The quantitative estimate of drug-likeness (QED) is 0.355. The summed E-state index contributed by atoms with van der Waals surface area (Å²) in [7, 11) is 6.43. The van der Waals surface area contributed by atoms with E-state index in [1.54, 1.807) is 40.5 Å². The molecule has 0 atom stereocenters. The molecule has 2 aromatic carbocycles. The van der Waals surface area contributed by atoms with E-state index < -0.39 is 0 Å². The number of methoxy groups -OCH3 is 3. The van der Waals surface area contributed by atoms with Gasteiger partial charge in [0, 0.05) is 31.8 Å². The second-order valence-electron chi connectivity index (χ2n) is 5.43. The number of benzene rings is 2. The monoisotopic (exact) mass is 489 g/mol. The van der Waals surface area contributed by atoms with Crippen molar-refractivity contribution < 1.29 is 18.6 Å². The number of halogens is 2. The van der Waals surface area contributed by atoms with Crippen LogP contribution in [0.2, 0.25) is 0 Å². The molecular formula is C19H25FIN3O3. The molecule has 27 heavy (non-hydrogen) atoms. The van der Waals surface area contributed by atoms with Crippen LogP contribution in [0.3, 0.4) is 0 Å². The molecule has 0 aliphatic carbocycles. The van der Waals surface area contributed by atoms with Gasteiger partial charge in [0.05, 0.1) is 21.3 Å². The first-order valence-corrected chi connectivity index (χ1v) is 8.09. The van der Waals surface area contributed by atoms with Gasteiger partial charge in [0.25, 0.3) is 0 Å². The summed E-state index contributed by atoms with van der Waals surface area (Å²) < 4.78 is 29.3. The molecule has 0 aromatic heterocycles. The highest BCUT2D eigenvalue weighted by Crippen LogP contribution is 2.34. The summed E-state index contributed by atoms with van der Waals surface area (Å²) >= 11 is 0. The zero-order chi connectivity index (χ0) is 18.9. The van der Waals surface area contributed by atoms with Crippen molar-refractivity contribution in [1.82, 2.24) is 10.6 Å². The van der Waals surface area contributed by atoms with E-state index in [1.807, 2.05) is 12.1 Å². The van der Waals surface area contributed by atoms with Crippen molar-refractivity contribution in [2.24, 2.45) is 4.99 Å². The molecule has 0 saturated heterocycles. The first-order chi connectivity index (χ1) is 12.6. The Kier molecular flexibility index (Phi) is 9.70. The first-order valence-electron chi connectivity index (χ1n) is 8.09. The van der Waals surface area contributed by atoms with E-state index >= 15 is 0 Å². The highest BCUT2D eigenvalue weighted by Gasteiger charge is 2.12. The Hall–Kier alpha value is -2.23. The van der Waals surface area contributed by atoms with Gasteiger partial charge in [0.1, 0.15) is 11.6 Å². The lowest BCUT2D eigenvalue weighted by Gasteiger charge is -2.16. The molecule has 0 heterocycles. The fraction of sp³-hybridized carbons (Fsp3) is 0.316. The maximum Gasteiger partial charge on any atom is 0.191 e. The predicted molar refractivity (Wildman–Crippen MR) is 115 cm³/mol. The summed E-state index contributed by atoms with van der Waals surface area (Å²) in [6.45, 7) is 0.923. The van der Waals surface area contributed by atoms with Crippen molar-refractivity contribution in [3.8, 4) is 17.2 Å². The fourth-order valence-electron chi connectivity index (χ4n) is 2.46. The summed E-state index contributed by atoms with van der Waals surface area (Å²) in [4.78, 5) is 4.18. The van der Waals surface area contributed by atoms with Crippen LogP contribution >= 0.6 is 24.0 Å². The third kappa shape index (κ3) is 6.46. The molecule has 0 amide bonds. The molecule has 0 aliphatic rings. The molecule has 0 fully saturated rings. The number of rotatable bonds is 7. The van der Waals surface area contributed by atoms with E-state index in [-0.39, 0.29) is 29.8 Å². The Labute approximate surface area is 176 Å². The molecule has 0 bridgehead atoms. The van der Waals surface area contributed by atoms with Crippen LogP contribution in [0.25, 0.3) is 0 Å². The van der Waals surface area contributed by atoms with Gasteiger partial charge in [-0.15, -0.1) is 24.0 Å². The SMILES string of the molecule is CN=C(NCc1cccc(F)c1)NCc1cc(OC)c(OC)cc1OC.I. The summed E-state index contributed by atoms with van der Waals surface area (Å²) in [5.74, 6) is 2.22. The number of nitrogens with one attached hydrogen (secondary N) is 2. The zero-order valence-corrected chi connectivity index (χ0v) is 18.2. The third-order valence-corrected chi connectivity index (χ3v) is 3.81. The Morgan fingerprint density at radius 2 is 1.56 bits per heavy atom. The van der Waals surface area contributed by atoms with Crippen LogP contribution in [-0.2, 0) is 13.1 Å². The van der Waals surface area contributed by atoms with E-state index in [2.05, 4.69) is 15.6 Å². The van der Waals surface area contributed by atoms with Crippen molar-refractivity contribution in [3.05, 3.63) is 53.3 Å². The molecule has 148 valence electrons. The van der Waals surface area contributed by atoms with Gasteiger partial charge < -0.3 is 24.8 Å². The lowest BCUT2D eigenvalue weighted by molar-refractivity contribution is 0.347. The zero-order valence-electron chi connectivity index (χ0n) is 15.8. The summed E-state index contributed by atoms with van der Waals surface area (Å²) in [5, 5.41) is 6.35. The van der Waals surface area contributed by atoms with Crippen molar-refractivity contribution in [3.63, 3.8) is 0 Å². The smallest absolute Gasteiger partial charge is 0.191 e. The lowest BCUT2D eigenvalue weighted by Crippen LogP contribution is -2.36.